The zero-order chi connectivity index (χ0) is 41.1. The largest absolute Gasteiger partial charge is 0.308 e. The van der Waals surface area contributed by atoms with E-state index in [9.17, 15) is 0 Å². The van der Waals surface area contributed by atoms with Gasteiger partial charge in [0.1, 0.15) is 5.65 Å². The van der Waals surface area contributed by atoms with Gasteiger partial charge in [0.15, 0.2) is 0 Å². The van der Waals surface area contributed by atoms with Gasteiger partial charge in [-0.25, -0.2) is 4.98 Å². The molecule has 8 aromatic carbocycles. The average Bonchev–Trinajstić information content (AvgIpc) is 3.99. The third-order valence-electron chi connectivity index (χ3n) is 13.6. The van der Waals surface area contributed by atoms with Crippen LogP contribution in [-0.2, 0) is 10.8 Å². The Balaban J connectivity index is 1.29. The lowest BCUT2D eigenvalue weighted by atomic mass is 9.84. The Hall–Kier alpha value is -7.17. The summed E-state index contributed by atoms with van der Waals surface area (Å²) in [5.74, 6) is 0. The minimum atomic E-state index is -0.0835. The monoisotopic (exact) mass is 784 g/mol. The molecule has 0 amide bonds. The van der Waals surface area contributed by atoms with Crippen molar-refractivity contribution >= 4 is 115 Å². The predicted molar refractivity (Wildman–Crippen MR) is 261 cm³/mol. The third kappa shape index (κ3) is 4.57. The normalized spacial score (nSPS) is 13.1. The number of pyridine rings is 1. The summed E-state index contributed by atoms with van der Waals surface area (Å²) in [6.45, 7) is 14.1. The van der Waals surface area contributed by atoms with Crippen molar-refractivity contribution in [2.75, 3.05) is 4.90 Å². The number of benzene rings is 8. The molecule has 0 fully saturated rings. The molecular formula is C57H44N4. The topological polar surface area (TPSA) is 24.9 Å². The molecule has 13 rings (SSSR count). The van der Waals surface area contributed by atoms with Crippen LogP contribution in [0.15, 0.2) is 158 Å². The molecule has 5 aromatic heterocycles. The van der Waals surface area contributed by atoms with E-state index in [2.05, 4.69) is 213 Å². The van der Waals surface area contributed by atoms with Gasteiger partial charge >= 0.3 is 0 Å². The van der Waals surface area contributed by atoms with E-state index < -0.39 is 0 Å². The van der Waals surface area contributed by atoms with Crippen molar-refractivity contribution in [3.8, 4) is 0 Å². The molecule has 0 unspecified atom stereocenters. The van der Waals surface area contributed by atoms with Gasteiger partial charge in [-0.15, -0.1) is 0 Å². The quantitative estimate of drug-likeness (QED) is 0.178. The molecular weight excluding hydrogens is 741 g/mol. The summed E-state index contributed by atoms with van der Waals surface area (Å²) in [4.78, 5) is 8.04. The first-order valence-electron chi connectivity index (χ1n) is 21.6. The molecule has 5 heterocycles. The van der Waals surface area contributed by atoms with E-state index in [1.807, 2.05) is 0 Å². The fourth-order valence-electron chi connectivity index (χ4n) is 10.7. The minimum absolute atomic E-state index is 0.0625. The number of fused-ring (bicyclic) bond motifs is 16. The van der Waals surface area contributed by atoms with Crippen molar-refractivity contribution in [1.82, 2.24) is 13.8 Å². The van der Waals surface area contributed by atoms with Gasteiger partial charge in [0.25, 0.3) is 0 Å². The summed E-state index contributed by atoms with van der Waals surface area (Å²) in [5, 5.41) is 15.2. The lowest BCUT2D eigenvalue weighted by molar-refractivity contribution is 0.591. The fourth-order valence-corrected chi connectivity index (χ4v) is 10.7. The highest BCUT2D eigenvalue weighted by molar-refractivity contribution is 6.37. The number of hydrogen-bond donors (Lipinski definition) is 0. The molecule has 0 atom stereocenters. The van der Waals surface area contributed by atoms with Crippen molar-refractivity contribution in [3.63, 3.8) is 0 Å². The zero-order valence-electron chi connectivity index (χ0n) is 35.3. The maximum absolute atomic E-state index is 5.57. The lowest BCUT2D eigenvalue weighted by Gasteiger charge is -2.28. The van der Waals surface area contributed by atoms with Crippen LogP contribution < -0.4 is 4.90 Å². The number of nitrogens with zero attached hydrogens (tertiary/aromatic N) is 4. The fraction of sp³-hybridized carbons (Fsp3) is 0.140. The molecule has 0 bridgehead atoms. The first-order valence-corrected chi connectivity index (χ1v) is 21.6. The number of para-hydroxylation sites is 2. The Bertz CT molecular complexity index is 3890. The van der Waals surface area contributed by atoms with Crippen LogP contribution in [0.2, 0.25) is 0 Å². The Morgan fingerprint density at radius 1 is 0.410 bits per heavy atom. The van der Waals surface area contributed by atoms with E-state index in [-0.39, 0.29) is 10.8 Å². The van der Waals surface area contributed by atoms with E-state index in [1.165, 1.54) is 104 Å². The third-order valence-corrected chi connectivity index (χ3v) is 13.6. The van der Waals surface area contributed by atoms with Crippen molar-refractivity contribution < 1.29 is 0 Å². The van der Waals surface area contributed by atoms with Gasteiger partial charge in [-0.3, -0.25) is 4.40 Å². The highest BCUT2D eigenvalue weighted by atomic mass is 15.2. The summed E-state index contributed by atoms with van der Waals surface area (Å²) >= 11 is 0. The minimum Gasteiger partial charge on any atom is -0.308 e. The molecule has 0 saturated carbocycles. The van der Waals surface area contributed by atoms with Crippen molar-refractivity contribution in [1.29, 1.82) is 0 Å². The molecule has 13 aromatic rings. The molecule has 0 aliphatic rings. The highest BCUT2D eigenvalue weighted by Gasteiger charge is 2.31. The molecule has 4 nitrogen and oxygen atoms in total. The van der Waals surface area contributed by atoms with Crippen LogP contribution in [0.25, 0.3) is 97.9 Å². The van der Waals surface area contributed by atoms with Crippen LogP contribution in [0.5, 0.6) is 0 Å². The second kappa shape index (κ2) is 11.8. The SMILES string of the molecule is CC(C)(C)c1cc2c3c4ccccc4ccc3n3c4ncc5c(c6cc(C(C)(C)C)cc7c8cc9ccccc9c(N(c9ccccc9)c9ccccc9)c8n5c76)c4c(c1)c23. The summed E-state index contributed by atoms with van der Waals surface area (Å²) in [6.07, 6.45) is 2.17. The van der Waals surface area contributed by atoms with Crippen LogP contribution in [0, 0.1) is 0 Å². The van der Waals surface area contributed by atoms with Crippen LogP contribution >= 0.6 is 0 Å². The van der Waals surface area contributed by atoms with Crippen LogP contribution in [0.3, 0.4) is 0 Å². The molecule has 0 spiro atoms. The average molecular weight is 785 g/mol. The van der Waals surface area contributed by atoms with Crippen LogP contribution in [0.1, 0.15) is 52.7 Å². The van der Waals surface area contributed by atoms with Crippen molar-refractivity contribution in [3.05, 3.63) is 169 Å². The number of hydrogen-bond acceptors (Lipinski definition) is 2. The Labute approximate surface area is 353 Å². The summed E-state index contributed by atoms with van der Waals surface area (Å²) in [5.41, 5.74) is 13.0. The number of anilines is 3. The smallest absolute Gasteiger partial charge is 0.146 e. The van der Waals surface area contributed by atoms with Crippen molar-refractivity contribution in [2.24, 2.45) is 0 Å². The second-order valence-electron chi connectivity index (χ2n) is 19.3. The molecule has 4 heteroatoms. The molecule has 292 valence electrons. The van der Waals surface area contributed by atoms with E-state index in [0.29, 0.717) is 0 Å². The maximum atomic E-state index is 5.57. The molecule has 61 heavy (non-hydrogen) atoms. The number of aromatic nitrogens is 3. The molecule has 0 radical (unpaired) electrons. The highest BCUT2D eigenvalue weighted by Crippen LogP contribution is 2.52. The standard InChI is InChI=1S/C57H44N4/c1-56(2,3)35-28-42-41-27-34-18-14-16-24-40(34)53(59(37-19-9-7-10-20-37)38-21-11-8-12-22-38)54(41)60-47-32-58-55-50(49(47)44(30-35)51(42)60)45-31-36(57(4,5)6)29-43-48-39-23-15-13-17-33(39)25-26-46(48)61(55)52(43)45/h7-32H,1-6H3. The Morgan fingerprint density at radius 2 is 0.934 bits per heavy atom. The van der Waals surface area contributed by atoms with Gasteiger partial charge in [0, 0.05) is 59.9 Å². The molecule has 0 aliphatic heterocycles. The van der Waals surface area contributed by atoms with Gasteiger partial charge in [-0.1, -0.05) is 133 Å². The first-order chi connectivity index (χ1) is 29.6. The number of rotatable bonds is 3. The van der Waals surface area contributed by atoms with Gasteiger partial charge in [-0.05, 0) is 98.8 Å². The molecule has 0 N–H and O–H groups in total. The van der Waals surface area contributed by atoms with E-state index in [0.717, 1.165) is 22.5 Å². The summed E-state index contributed by atoms with van der Waals surface area (Å²) in [6, 6.07) is 56.4. The van der Waals surface area contributed by atoms with E-state index in [1.54, 1.807) is 0 Å². The summed E-state index contributed by atoms with van der Waals surface area (Å²) in [7, 11) is 0. The zero-order valence-corrected chi connectivity index (χ0v) is 35.3. The van der Waals surface area contributed by atoms with E-state index in [4.69, 9.17) is 4.98 Å². The summed E-state index contributed by atoms with van der Waals surface area (Å²) < 4.78 is 5.04. The second-order valence-corrected chi connectivity index (χ2v) is 19.3. The van der Waals surface area contributed by atoms with Gasteiger partial charge < -0.3 is 9.30 Å². The van der Waals surface area contributed by atoms with Gasteiger partial charge in [-0.2, -0.15) is 0 Å². The molecule has 0 saturated heterocycles. The van der Waals surface area contributed by atoms with Crippen LogP contribution in [-0.4, -0.2) is 13.8 Å². The van der Waals surface area contributed by atoms with Gasteiger partial charge in [0.2, 0.25) is 0 Å². The maximum Gasteiger partial charge on any atom is 0.146 e. The lowest BCUT2D eigenvalue weighted by Crippen LogP contribution is -2.11. The predicted octanol–water partition coefficient (Wildman–Crippen LogP) is 15.8. The Morgan fingerprint density at radius 3 is 1.59 bits per heavy atom. The Kier molecular flexibility index (Phi) is 6.69. The molecule has 0 aliphatic carbocycles. The van der Waals surface area contributed by atoms with E-state index >= 15 is 0 Å². The van der Waals surface area contributed by atoms with Crippen molar-refractivity contribution in [2.45, 2.75) is 52.4 Å². The van der Waals surface area contributed by atoms with Crippen LogP contribution in [0.4, 0.5) is 17.1 Å². The first kappa shape index (κ1) is 34.7. The van der Waals surface area contributed by atoms with Gasteiger partial charge in [0.05, 0.1) is 39.5 Å².